The van der Waals surface area contributed by atoms with E-state index in [1.54, 1.807) is 23.4 Å². The fourth-order valence-corrected chi connectivity index (χ4v) is 2.11. The predicted molar refractivity (Wildman–Crippen MR) is 75.5 cm³/mol. The smallest absolute Gasteiger partial charge is 0.317 e. The zero-order chi connectivity index (χ0) is 14.6. The molecule has 0 radical (unpaired) electrons. The molecule has 0 aliphatic carbocycles. The Morgan fingerprint density at radius 1 is 1.40 bits per heavy atom. The van der Waals surface area contributed by atoms with Gasteiger partial charge in [-0.1, -0.05) is 0 Å². The van der Waals surface area contributed by atoms with E-state index in [0.29, 0.717) is 12.6 Å². The minimum atomic E-state index is -0.229. The third-order valence-corrected chi connectivity index (χ3v) is 2.96. The van der Waals surface area contributed by atoms with E-state index in [4.69, 9.17) is 4.74 Å². The summed E-state index contributed by atoms with van der Waals surface area (Å²) in [6.45, 7) is 7.25. The lowest BCUT2D eigenvalue weighted by molar-refractivity contribution is 0.0916. The first-order valence-electron chi connectivity index (χ1n) is 6.95. The summed E-state index contributed by atoms with van der Waals surface area (Å²) in [5.41, 5.74) is -0.229. The number of rotatable bonds is 2. The highest BCUT2D eigenvalue weighted by Crippen LogP contribution is 2.15. The van der Waals surface area contributed by atoms with Gasteiger partial charge in [-0.25, -0.2) is 14.8 Å². The lowest BCUT2D eigenvalue weighted by Gasteiger charge is -2.34. The van der Waals surface area contributed by atoms with Crippen molar-refractivity contribution >= 4 is 6.03 Å². The molecule has 6 heteroatoms. The molecule has 1 atom stereocenters. The van der Waals surface area contributed by atoms with E-state index in [2.05, 4.69) is 15.3 Å². The van der Waals surface area contributed by atoms with Crippen molar-refractivity contribution in [1.29, 1.82) is 0 Å². The molecule has 1 aromatic heterocycles. The summed E-state index contributed by atoms with van der Waals surface area (Å²) in [6.07, 6.45) is 5.09. The number of hydrogen-bond donors (Lipinski definition) is 1. The van der Waals surface area contributed by atoms with Gasteiger partial charge < -0.3 is 15.0 Å². The highest BCUT2D eigenvalue weighted by molar-refractivity contribution is 5.75. The highest BCUT2D eigenvalue weighted by Gasteiger charge is 2.27. The van der Waals surface area contributed by atoms with E-state index < -0.39 is 0 Å². The molecular weight excluding hydrogens is 256 g/mol. The van der Waals surface area contributed by atoms with Crippen molar-refractivity contribution in [3.8, 4) is 6.01 Å². The van der Waals surface area contributed by atoms with Crippen LogP contribution in [0.5, 0.6) is 6.01 Å². The monoisotopic (exact) mass is 278 g/mol. The van der Waals surface area contributed by atoms with E-state index in [9.17, 15) is 4.79 Å². The number of hydrogen-bond acceptors (Lipinski definition) is 4. The van der Waals surface area contributed by atoms with Crippen LogP contribution in [0, 0.1) is 0 Å². The Labute approximate surface area is 119 Å². The Balaban J connectivity index is 1.90. The van der Waals surface area contributed by atoms with E-state index in [0.717, 1.165) is 19.4 Å². The maximum absolute atomic E-state index is 12.1. The first-order chi connectivity index (χ1) is 9.44. The maximum atomic E-state index is 12.1. The summed E-state index contributed by atoms with van der Waals surface area (Å²) in [6, 6.07) is 2.08. The molecule has 1 N–H and O–H groups in total. The largest absolute Gasteiger partial charge is 0.458 e. The van der Waals surface area contributed by atoms with Gasteiger partial charge in [0.25, 0.3) is 0 Å². The molecule has 1 aliphatic rings. The number of piperidine rings is 1. The van der Waals surface area contributed by atoms with Crippen molar-refractivity contribution in [2.24, 2.45) is 0 Å². The lowest BCUT2D eigenvalue weighted by Crippen LogP contribution is -2.53. The average molecular weight is 278 g/mol. The van der Waals surface area contributed by atoms with Crippen LogP contribution < -0.4 is 10.1 Å². The summed E-state index contributed by atoms with van der Waals surface area (Å²) in [5.74, 6) is 0. The molecule has 0 bridgehead atoms. The van der Waals surface area contributed by atoms with Gasteiger partial charge in [-0.15, -0.1) is 0 Å². The number of aromatic nitrogens is 2. The summed E-state index contributed by atoms with van der Waals surface area (Å²) in [7, 11) is 0. The van der Waals surface area contributed by atoms with E-state index in [-0.39, 0.29) is 17.7 Å². The molecule has 1 saturated heterocycles. The van der Waals surface area contributed by atoms with Crippen LogP contribution in [0.2, 0.25) is 0 Å². The molecule has 0 saturated carbocycles. The van der Waals surface area contributed by atoms with Gasteiger partial charge in [0, 0.05) is 24.5 Å². The highest BCUT2D eigenvalue weighted by atomic mass is 16.5. The van der Waals surface area contributed by atoms with Gasteiger partial charge in [0.05, 0.1) is 6.54 Å². The van der Waals surface area contributed by atoms with E-state index in [1.165, 1.54) is 0 Å². The van der Waals surface area contributed by atoms with Crippen LogP contribution in [0.15, 0.2) is 18.5 Å². The molecule has 1 aliphatic heterocycles. The fourth-order valence-electron chi connectivity index (χ4n) is 2.11. The van der Waals surface area contributed by atoms with Crippen LogP contribution in [-0.2, 0) is 0 Å². The SMILES string of the molecule is CC(C)(C)NC(=O)N1CCCC(Oc2ncccn2)C1. The minimum Gasteiger partial charge on any atom is -0.458 e. The number of carbonyl (C=O) groups excluding carboxylic acids is 1. The van der Waals surface area contributed by atoms with E-state index in [1.807, 2.05) is 20.8 Å². The van der Waals surface area contributed by atoms with Gasteiger partial charge in [0.15, 0.2) is 0 Å². The number of nitrogens with zero attached hydrogens (tertiary/aromatic N) is 3. The standard InChI is InChI=1S/C14H22N4O2/c1-14(2,3)17-13(19)18-9-4-6-11(10-18)20-12-15-7-5-8-16-12/h5,7-8,11H,4,6,9-10H2,1-3H3,(H,17,19). The molecule has 2 amide bonds. The molecule has 2 rings (SSSR count). The second-order valence-corrected chi connectivity index (χ2v) is 6.04. The number of amides is 2. The molecule has 1 fully saturated rings. The quantitative estimate of drug-likeness (QED) is 0.896. The van der Waals surface area contributed by atoms with E-state index >= 15 is 0 Å². The van der Waals surface area contributed by atoms with Crippen molar-refractivity contribution in [3.63, 3.8) is 0 Å². The van der Waals surface area contributed by atoms with Crippen LogP contribution >= 0.6 is 0 Å². The summed E-state index contributed by atoms with van der Waals surface area (Å²) < 4.78 is 5.72. The summed E-state index contributed by atoms with van der Waals surface area (Å²) in [4.78, 5) is 22.0. The predicted octanol–water partition coefficient (Wildman–Crippen LogP) is 1.83. The zero-order valence-corrected chi connectivity index (χ0v) is 12.3. The molecule has 1 unspecified atom stereocenters. The molecule has 110 valence electrons. The number of carbonyl (C=O) groups is 1. The first kappa shape index (κ1) is 14.6. The van der Waals surface area contributed by atoms with Crippen molar-refractivity contribution in [2.45, 2.75) is 45.3 Å². The first-order valence-corrected chi connectivity index (χ1v) is 6.95. The van der Waals surface area contributed by atoms with Gasteiger partial charge in [-0.05, 0) is 39.7 Å². The fraction of sp³-hybridized carbons (Fsp3) is 0.643. The minimum absolute atomic E-state index is 0.0419. The van der Waals surface area contributed by atoms with Crippen molar-refractivity contribution < 1.29 is 9.53 Å². The zero-order valence-electron chi connectivity index (χ0n) is 12.3. The molecule has 0 aromatic carbocycles. The number of urea groups is 1. The lowest BCUT2D eigenvalue weighted by atomic mass is 10.1. The van der Waals surface area contributed by atoms with Crippen molar-refractivity contribution in [1.82, 2.24) is 20.2 Å². The van der Waals surface area contributed by atoms with Gasteiger partial charge in [0.2, 0.25) is 0 Å². The Morgan fingerprint density at radius 3 is 2.75 bits per heavy atom. The number of ether oxygens (including phenoxy) is 1. The van der Waals surface area contributed by atoms with Gasteiger partial charge in [-0.2, -0.15) is 0 Å². The summed E-state index contributed by atoms with van der Waals surface area (Å²) >= 11 is 0. The molecule has 1 aromatic rings. The maximum Gasteiger partial charge on any atom is 0.317 e. The van der Waals surface area contributed by atoms with Crippen LogP contribution in [-0.4, -0.2) is 45.6 Å². The van der Waals surface area contributed by atoms with Crippen LogP contribution in [0.1, 0.15) is 33.6 Å². The Morgan fingerprint density at radius 2 is 2.10 bits per heavy atom. The Hall–Kier alpha value is -1.85. The third kappa shape index (κ3) is 4.36. The average Bonchev–Trinajstić information content (AvgIpc) is 2.38. The molecule has 2 heterocycles. The topological polar surface area (TPSA) is 67.4 Å². The molecule has 6 nitrogen and oxygen atoms in total. The van der Waals surface area contributed by atoms with Crippen LogP contribution in [0.25, 0.3) is 0 Å². The molecule has 0 spiro atoms. The molecule has 20 heavy (non-hydrogen) atoms. The van der Waals surface area contributed by atoms with Crippen LogP contribution in [0.3, 0.4) is 0 Å². The second kappa shape index (κ2) is 6.07. The normalized spacial score (nSPS) is 19.6. The Bertz CT molecular complexity index is 444. The van der Waals surface area contributed by atoms with Crippen molar-refractivity contribution in [2.75, 3.05) is 13.1 Å². The van der Waals surface area contributed by atoms with Crippen molar-refractivity contribution in [3.05, 3.63) is 18.5 Å². The summed E-state index contributed by atoms with van der Waals surface area (Å²) in [5, 5.41) is 2.97. The number of nitrogens with one attached hydrogen (secondary N) is 1. The Kier molecular flexibility index (Phi) is 4.42. The second-order valence-electron chi connectivity index (χ2n) is 6.04. The van der Waals surface area contributed by atoms with Crippen LogP contribution in [0.4, 0.5) is 4.79 Å². The van der Waals surface area contributed by atoms with Gasteiger partial charge >= 0.3 is 12.0 Å². The van der Waals surface area contributed by atoms with Gasteiger partial charge in [-0.3, -0.25) is 0 Å². The molecular formula is C14H22N4O2. The number of likely N-dealkylation sites (tertiary alicyclic amines) is 1. The third-order valence-electron chi connectivity index (χ3n) is 2.96. The van der Waals surface area contributed by atoms with Gasteiger partial charge in [0.1, 0.15) is 6.10 Å².